The zero-order valence-corrected chi connectivity index (χ0v) is 22.2. The van der Waals surface area contributed by atoms with Gasteiger partial charge in [0.2, 0.25) is 5.71 Å². The molecular weight excluding hydrogens is 534 g/mol. The van der Waals surface area contributed by atoms with E-state index in [1.54, 1.807) is 16.8 Å². The molecule has 0 fully saturated rings. The lowest BCUT2D eigenvalue weighted by Gasteiger charge is -2.16. The lowest BCUT2D eigenvalue weighted by molar-refractivity contribution is -0.134. The van der Waals surface area contributed by atoms with E-state index in [2.05, 4.69) is 15.6 Å². The van der Waals surface area contributed by atoms with E-state index in [-0.39, 0.29) is 39.2 Å². The Hall–Kier alpha value is -3.73. The number of nitrogens with one attached hydrogen (secondary N) is 2. The summed E-state index contributed by atoms with van der Waals surface area (Å²) in [5, 5.41) is 9.08. The highest BCUT2D eigenvalue weighted by atomic mass is 32.1. The van der Waals surface area contributed by atoms with Crippen LogP contribution in [0.3, 0.4) is 0 Å². The van der Waals surface area contributed by atoms with Crippen LogP contribution in [0.15, 0.2) is 45.5 Å². The highest BCUT2D eigenvalue weighted by molar-refractivity contribution is 7.08. The number of aryl methyl sites for hydroxylation is 1. The van der Waals surface area contributed by atoms with Gasteiger partial charge in [-0.3, -0.25) is 9.59 Å². The number of carbonyl (C=O) groups is 2. The van der Waals surface area contributed by atoms with Crippen molar-refractivity contribution in [1.29, 1.82) is 0 Å². The molecule has 0 aliphatic carbocycles. The van der Waals surface area contributed by atoms with Crippen molar-refractivity contribution in [2.24, 2.45) is 0 Å². The molecular formula is C28H27F4N3O3S. The molecule has 6 nitrogen and oxygen atoms in total. The Labute approximate surface area is 226 Å². The van der Waals surface area contributed by atoms with Crippen LogP contribution in [-0.2, 0) is 6.42 Å². The standard InChI is InChI=1S/C28H27F4N3O3S/c1-3-4-5-13-34-26(37)21-19(10-12-28(30,31)32)35-27-22(20(21)17-11-14-39-15-17)23(25(36)33-2)24(38-27)16-6-8-18(29)9-7-16/h6-9,11,14-15H,3-5,10,12-13H2,1-2H3,(H,33,36)(H,34,37). The predicted octanol–water partition coefficient (Wildman–Crippen LogP) is 7.14. The molecule has 2 amide bonds. The maximum Gasteiger partial charge on any atom is 0.389 e. The minimum absolute atomic E-state index is 0.0294. The summed E-state index contributed by atoms with van der Waals surface area (Å²) in [6, 6.07) is 6.98. The molecule has 0 saturated carbocycles. The highest BCUT2D eigenvalue weighted by Crippen LogP contribution is 2.42. The highest BCUT2D eigenvalue weighted by Gasteiger charge is 2.33. The third kappa shape index (κ3) is 6.30. The van der Waals surface area contributed by atoms with Gasteiger partial charge in [0, 0.05) is 31.1 Å². The summed E-state index contributed by atoms with van der Waals surface area (Å²) < 4.78 is 59.5. The van der Waals surface area contributed by atoms with Crippen LogP contribution in [0.5, 0.6) is 0 Å². The van der Waals surface area contributed by atoms with Gasteiger partial charge < -0.3 is 15.1 Å². The predicted molar refractivity (Wildman–Crippen MR) is 142 cm³/mol. The number of nitrogens with zero attached hydrogens (tertiary/aromatic N) is 1. The largest absolute Gasteiger partial charge is 0.437 e. The molecule has 0 aliphatic rings. The second kappa shape index (κ2) is 12.0. The SMILES string of the molecule is CCCCCNC(=O)c1c(CCC(F)(F)F)nc2oc(-c3ccc(F)cc3)c(C(=O)NC)c2c1-c1ccsc1. The first-order valence-corrected chi connectivity index (χ1v) is 13.4. The molecule has 0 saturated heterocycles. The van der Waals surface area contributed by atoms with E-state index < -0.39 is 36.6 Å². The normalized spacial score (nSPS) is 11.6. The Morgan fingerprint density at radius 1 is 1.03 bits per heavy atom. The van der Waals surface area contributed by atoms with Crippen molar-refractivity contribution in [2.75, 3.05) is 13.6 Å². The summed E-state index contributed by atoms with van der Waals surface area (Å²) in [5.41, 5.74) is 1.02. The van der Waals surface area contributed by atoms with Crippen molar-refractivity contribution in [3.63, 3.8) is 0 Å². The number of thiophene rings is 1. The number of benzene rings is 1. The molecule has 0 radical (unpaired) electrons. The Kier molecular flexibility index (Phi) is 8.69. The first-order valence-electron chi connectivity index (χ1n) is 12.5. The third-order valence-electron chi connectivity index (χ3n) is 6.22. The van der Waals surface area contributed by atoms with Crippen LogP contribution >= 0.6 is 11.3 Å². The number of hydrogen-bond donors (Lipinski definition) is 2. The van der Waals surface area contributed by atoms with E-state index in [1.165, 1.54) is 42.6 Å². The van der Waals surface area contributed by atoms with E-state index in [9.17, 15) is 27.2 Å². The van der Waals surface area contributed by atoms with Crippen LogP contribution in [-0.4, -0.2) is 36.6 Å². The van der Waals surface area contributed by atoms with Gasteiger partial charge >= 0.3 is 6.18 Å². The number of rotatable bonds is 10. The molecule has 2 N–H and O–H groups in total. The molecule has 0 unspecified atom stereocenters. The zero-order valence-electron chi connectivity index (χ0n) is 21.4. The summed E-state index contributed by atoms with van der Waals surface area (Å²) in [6.45, 7) is 2.35. The number of aromatic nitrogens is 1. The Balaban J connectivity index is 2.04. The maximum atomic E-state index is 13.7. The lowest BCUT2D eigenvalue weighted by atomic mass is 9.92. The minimum Gasteiger partial charge on any atom is -0.437 e. The smallest absolute Gasteiger partial charge is 0.389 e. The number of amides is 2. The van der Waals surface area contributed by atoms with E-state index in [1.807, 2.05) is 6.92 Å². The van der Waals surface area contributed by atoms with Crippen molar-refractivity contribution in [3.05, 3.63) is 63.7 Å². The molecule has 0 bridgehead atoms. The summed E-state index contributed by atoms with van der Waals surface area (Å²) in [6.07, 6.45) is -3.73. The van der Waals surface area contributed by atoms with E-state index in [0.717, 1.165) is 12.8 Å². The second-order valence-corrected chi connectivity index (χ2v) is 9.75. The van der Waals surface area contributed by atoms with Crippen molar-refractivity contribution in [1.82, 2.24) is 15.6 Å². The lowest BCUT2D eigenvalue weighted by Crippen LogP contribution is -2.27. The van der Waals surface area contributed by atoms with Crippen LogP contribution in [0.25, 0.3) is 33.6 Å². The Bertz CT molecular complexity index is 1460. The number of pyridine rings is 1. The molecule has 3 aromatic heterocycles. The molecule has 11 heteroatoms. The van der Waals surface area contributed by atoms with E-state index in [4.69, 9.17) is 4.42 Å². The summed E-state index contributed by atoms with van der Waals surface area (Å²) in [7, 11) is 1.42. The number of fused-ring (bicyclic) bond motifs is 1. The van der Waals surface area contributed by atoms with Gasteiger partial charge in [-0.15, -0.1) is 0 Å². The van der Waals surface area contributed by atoms with Gasteiger partial charge in [0.25, 0.3) is 11.8 Å². The van der Waals surface area contributed by atoms with Crippen molar-refractivity contribution < 1.29 is 31.6 Å². The molecule has 0 atom stereocenters. The third-order valence-corrected chi connectivity index (χ3v) is 6.91. The van der Waals surface area contributed by atoms with E-state index >= 15 is 0 Å². The van der Waals surface area contributed by atoms with Gasteiger partial charge in [0.05, 0.1) is 22.2 Å². The van der Waals surface area contributed by atoms with Crippen LogP contribution in [0.2, 0.25) is 0 Å². The van der Waals surface area contributed by atoms with Crippen molar-refractivity contribution in [3.8, 4) is 22.5 Å². The number of unbranched alkanes of at least 4 members (excludes halogenated alkanes) is 2. The number of alkyl halides is 3. The number of furan rings is 1. The molecule has 1 aromatic carbocycles. The Morgan fingerprint density at radius 3 is 2.38 bits per heavy atom. The number of hydrogen-bond acceptors (Lipinski definition) is 5. The summed E-state index contributed by atoms with van der Waals surface area (Å²) >= 11 is 1.33. The quantitative estimate of drug-likeness (QED) is 0.159. The first kappa shape index (κ1) is 28.3. The van der Waals surface area contributed by atoms with Crippen molar-refractivity contribution >= 4 is 34.3 Å². The fourth-order valence-corrected chi connectivity index (χ4v) is 5.02. The van der Waals surface area contributed by atoms with Crippen LogP contribution in [0, 0.1) is 5.82 Å². The second-order valence-electron chi connectivity index (χ2n) is 8.97. The van der Waals surface area contributed by atoms with Crippen molar-refractivity contribution in [2.45, 2.75) is 45.2 Å². The van der Waals surface area contributed by atoms with Crippen LogP contribution in [0.4, 0.5) is 17.6 Å². The molecule has 4 rings (SSSR count). The van der Waals surface area contributed by atoms with Crippen LogP contribution in [0.1, 0.15) is 59.0 Å². The molecule has 4 aromatic rings. The fraction of sp³-hybridized carbons (Fsp3) is 0.321. The van der Waals surface area contributed by atoms with Gasteiger partial charge in [-0.05, 0) is 59.5 Å². The summed E-state index contributed by atoms with van der Waals surface area (Å²) in [4.78, 5) is 31.2. The molecule has 39 heavy (non-hydrogen) atoms. The fourth-order valence-electron chi connectivity index (χ4n) is 4.37. The summed E-state index contributed by atoms with van der Waals surface area (Å²) in [5.74, 6) is -1.56. The molecule has 0 spiro atoms. The minimum atomic E-state index is -4.48. The molecule has 0 aliphatic heterocycles. The van der Waals surface area contributed by atoms with Gasteiger partial charge in [-0.1, -0.05) is 19.8 Å². The zero-order chi connectivity index (χ0) is 28.2. The first-order chi connectivity index (χ1) is 18.6. The number of halogens is 4. The Morgan fingerprint density at radius 2 is 1.77 bits per heavy atom. The van der Waals surface area contributed by atoms with Gasteiger partial charge in [0.15, 0.2) is 0 Å². The van der Waals surface area contributed by atoms with Gasteiger partial charge in [-0.2, -0.15) is 24.5 Å². The molecule has 3 heterocycles. The van der Waals surface area contributed by atoms with Crippen LogP contribution < -0.4 is 10.6 Å². The topological polar surface area (TPSA) is 84.2 Å². The number of carbonyl (C=O) groups excluding carboxylic acids is 2. The van der Waals surface area contributed by atoms with Gasteiger partial charge in [-0.25, -0.2) is 9.37 Å². The van der Waals surface area contributed by atoms with E-state index in [0.29, 0.717) is 24.1 Å². The average molecular weight is 562 g/mol. The maximum absolute atomic E-state index is 13.7. The van der Waals surface area contributed by atoms with Gasteiger partial charge in [0.1, 0.15) is 11.6 Å². The monoisotopic (exact) mass is 561 g/mol. The average Bonchev–Trinajstić information content (AvgIpc) is 3.57. The molecule has 206 valence electrons.